The van der Waals surface area contributed by atoms with Crippen molar-refractivity contribution in [2.75, 3.05) is 29.5 Å². The van der Waals surface area contributed by atoms with E-state index in [2.05, 4.69) is 34.1 Å². The van der Waals surface area contributed by atoms with Gasteiger partial charge in [-0.05, 0) is 17.7 Å². The lowest BCUT2D eigenvalue weighted by Gasteiger charge is -2.28. The Morgan fingerprint density at radius 2 is 1.95 bits per heavy atom. The van der Waals surface area contributed by atoms with E-state index in [0.717, 1.165) is 31.0 Å². The first-order valence-electron chi connectivity index (χ1n) is 6.50. The molecule has 20 heavy (non-hydrogen) atoms. The van der Waals surface area contributed by atoms with Crippen molar-refractivity contribution in [1.82, 2.24) is 4.98 Å². The number of thiazole rings is 1. The summed E-state index contributed by atoms with van der Waals surface area (Å²) in [5.41, 5.74) is 2.47. The minimum absolute atomic E-state index is 0.595. The van der Waals surface area contributed by atoms with E-state index in [9.17, 15) is 4.21 Å². The Labute approximate surface area is 130 Å². The van der Waals surface area contributed by atoms with Crippen molar-refractivity contribution in [1.29, 1.82) is 0 Å². The Balaban J connectivity index is 1.66. The Hall–Kier alpha value is -0.910. The largest absolute Gasteiger partial charge is 0.370 e. The zero-order valence-corrected chi connectivity index (χ0v) is 13.3. The van der Waals surface area contributed by atoms with Crippen LogP contribution in [0.2, 0.25) is 4.47 Å². The number of anilines is 1. The van der Waals surface area contributed by atoms with Crippen molar-refractivity contribution in [2.24, 2.45) is 0 Å². The smallest absolute Gasteiger partial charge is 0.183 e. The van der Waals surface area contributed by atoms with Crippen LogP contribution < -0.4 is 4.90 Å². The molecule has 3 rings (SSSR count). The predicted octanol–water partition coefficient (Wildman–Crippen LogP) is 2.96. The lowest BCUT2D eigenvalue weighted by atomic mass is 10.1. The summed E-state index contributed by atoms with van der Waals surface area (Å²) in [6.45, 7) is 1.77. The molecule has 2 heterocycles. The molecule has 6 heteroatoms. The van der Waals surface area contributed by atoms with E-state index < -0.39 is 10.8 Å². The molecule has 2 aromatic rings. The Morgan fingerprint density at radius 3 is 2.55 bits per heavy atom. The molecular formula is C14H15ClN2OS2. The lowest BCUT2D eigenvalue weighted by molar-refractivity contribution is 0.673. The Kier molecular flexibility index (Phi) is 4.38. The summed E-state index contributed by atoms with van der Waals surface area (Å²) in [5.74, 6) is 1.56. The van der Waals surface area contributed by atoms with Gasteiger partial charge in [0, 0.05) is 58.6 Å². The number of halogens is 1. The van der Waals surface area contributed by atoms with E-state index in [1.165, 1.54) is 27.5 Å². The fraction of sp³-hybridized carbons (Fsp3) is 0.357. The van der Waals surface area contributed by atoms with Crippen LogP contribution in [0.4, 0.5) is 5.69 Å². The molecule has 0 aliphatic carbocycles. The molecule has 3 nitrogen and oxygen atoms in total. The van der Waals surface area contributed by atoms with Gasteiger partial charge in [0.25, 0.3) is 0 Å². The van der Waals surface area contributed by atoms with Crippen LogP contribution in [-0.4, -0.2) is 33.8 Å². The maximum atomic E-state index is 11.4. The van der Waals surface area contributed by atoms with Gasteiger partial charge in [0.1, 0.15) is 0 Å². The quantitative estimate of drug-likeness (QED) is 0.869. The average Bonchev–Trinajstić information content (AvgIpc) is 2.86. The zero-order valence-electron chi connectivity index (χ0n) is 10.9. The minimum atomic E-state index is -0.623. The second-order valence-corrected chi connectivity index (χ2v) is 8.15. The van der Waals surface area contributed by atoms with E-state index in [4.69, 9.17) is 11.6 Å². The SMILES string of the molecule is O=S1CCN(c2ccc(Cc3cnc(Cl)s3)cc2)CC1. The first kappa shape index (κ1) is 14.0. The fourth-order valence-electron chi connectivity index (χ4n) is 2.29. The highest BCUT2D eigenvalue weighted by atomic mass is 35.5. The van der Waals surface area contributed by atoms with E-state index in [0.29, 0.717) is 4.47 Å². The van der Waals surface area contributed by atoms with Gasteiger partial charge in [-0.1, -0.05) is 23.7 Å². The van der Waals surface area contributed by atoms with E-state index in [1.54, 1.807) is 0 Å². The van der Waals surface area contributed by atoms with Crippen molar-refractivity contribution in [3.63, 3.8) is 0 Å². The third-order valence-corrected chi connectivity index (χ3v) is 5.77. The molecule has 1 fully saturated rings. The summed E-state index contributed by atoms with van der Waals surface area (Å²) in [4.78, 5) is 7.54. The third kappa shape index (κ3) is 3.40. The van der Waals surface area contributed by atoms with Gasteiger partial charge >= 0.3 is 0 Å². The zero-order chi connectivity index (χ0) is 13.9. The average molecular weight is 327 g/mol. The summed E-state index contributed by atoms with van der Waals surface area (Å²) < 4.78 is 12.0. The molecule has 0 amide bonds. The number of nitrogens with zero attached hydrogens (tertiary/aromatic N) is 2. The molecule has 0 saturated carbocycles. The normalized spacial score (nSPS) is 16.6. The maximum Gasteiger partial charge on any atom is 0.183 e. The first-order chi connectivity index (χ1) is 9.70. The molecule has 0 spiro atoms. The first-order valence-corrected chi connectivity index (χ1v) is 9.18. The van der Waals surface area contributed by atoms with Crippen LogP contribution in [0, 0.1) is 0 Å². The summed E-state index contributed by atoms with van der Waals surface area (Å²) >= 11 is 7.37. The highest BCUT2D eigenvalue weighted by molar-refractivity contribution is 7.85. The molecule has 106 valence electrons. The second-order valence-electron chi connectivity index (χ2n) is 4.76. The second kappa shape index (κ2) is 6.24. The molecule has 0 atom stereocenters. The van der Waals surface area contributed by atoms with E-state index in [1.807, 2.05) is 6.20 Å². The summed E-state index contributed by atoms with van der Waals surface area (Å²) in [6.07, 6.45) is 2.70. The monoisotopic (exact) mass is 326 g/mol. The van der Waals surface area contributed by atoms with Crippen LogP contribution in [0.15, 0.2) is 30.5 Å². The van der Waals surface area contributed by atoms with Crippen molar-refractivity contribution in [3.8, 4) is 0 Å². The topological polar surface area (TPSA) is 33.2 Å². The highest BCUT2D eigenvalue weighted by Crippen LogP contribution is 2.23. The number of hydrogen-bond donors (Lipinski definition) is 0. The van der Waals surface area contributed by atoms with Gasteiger partial charge in [-0.25, -0.2) is 4.98 Å². The number of rotatable bonds is 3. The minimum Gasteiger partial charge on any atom is -0.370 e. The maximum absolute atomic E-state index is 11.4. The van der Waals surface area contributed by atoms with Gasteiger partial charge in [-0.2, -0.15) is 0 Å². The van der Waals surface area contributed by atoms with Gasteiger partial charge in [0.05, 0.1) is 0 Å². The van der Waals surface area contributed by atoms with Crippen molar-refractivity contribution >= 4 is 39.4 Å². The van der Waals surface area contributed by atoms with Crippen molar-refractivity contribution in [3.05, 3.63) is 45.4 Å². The number of aromatic nitrogens is 1. The molecule has 0 unspecified atom stereocenters. The molecule has 0 bridgehead atoms. The van der Waals surface area contributed by atoms with Crippen LogP contribution in [0.1, 0.15) is 10.4 Å². The standard InChI is InChI=1S/C14H15ClN2OS2/c15-14-16-10-13(19-14)9-11-1-3-12(4-2-11)17-5-7-20(18)8-6-17/h1-4,10H,5-9H2. The molecular weight excluding hydrogens is 312 g/mol. The van der Waals surface area contributed by atoms with Gasteiger partial charge in [-0.3, -0.25) is 4.21 Å². The van der Waals surface area contributed by atoms with Gasteiger partial charge in [-0.15, -0.1) is 11.3 Å². The molecule has 1 aliphatic heterocycles. The lowest BCUT2D eigenvalue weighted by Crippen LogP contribution is -2.37. The van der Waals surface area contributed by atoms with Crippen LogP contribution in [0.5, 0.6) is 0 Å². The van der Waals surface area contributed by atoms with E-state index >= 15 is 0 Å². The fourth-order valence-corrected chi connectivity index (χ4v) is 4.35. The van der Waals surface area contributed by atoms with Crippen LogP contribution >= 0.6 is 22.9 Å². The molecule has 1 aromatic heterocycles. The number of benzene rings is 1. The summed E-state index contributed by atoms with van der Waals surface area (Å²) in [6, 6.07) is 8.58. The summed E-state index contributed by atoms with van der Waals surface area (Å²) in [7, 11) is -0.623. The molecule has 0 N–H and O–H groups in total. The van der Waals surface area contributed by atoms with Crippen molar-refractivity contribution in [2.45, 2.75) is 6.42 Å². The molecule has 1 saturated heterocycles. The number of hydrogen-bond acceptors (Lipinski definition) is 4. The molecule has 1 aromatic carbocycles. The van der Waals surface area contributed by atoms with Gasteiger partial charge in [0.2, 0.25) is 0 Å². The predicted molar refractivity (Wildman–Crippen MR) is 86.5 cm³/mol. The van der Waals surface area contributed by atoms with Crippen LogP contribution in [0.25, 0.3) is 0 Å². The van der Waals surface area contributed by atoms with Gasteiger partial charge in [0.15, 0.2) is 4.47 Å². The Morgan fingerprint density at radius 1 is 1.25 bits per heavy atom. The Bertz CT molecular complexity index is 602. The summed E-state index contributed by atoms with van der Waals surface area (Å²) in [5, 5.41) is 0. The highest BCUT2D eigenvalue weighted by Gasteiger charge is 2.15. The molecule has 0 radical (unpaired) electrons. The van der Waals surface area contributed by atoms with E-state index in [-0.39, 0.29) is 0 Å². The van der Waals surface area contributed by atoms with Crippen molar-refractivity contribution < 1.29 is 4.21 Å². The van der Waals surface area contributed by atoms with Crippen LogP contribution in [-0.2, 0) is 17.2 Å². The third-order valence-electron chi connectivity index (χ3n) is 3.38. The van der Waals surface area contributed by atoms with Gasteiger partial charge < -0.3 is 4.90 Å². The molecule has 1 aliphatic rings. The van der Waals surface area contributed by atoms with Crippen LogP contribution in [0.3, 0.4) is 0 Å².